The summed E-state index contributed by atoms with van der Waals surface area (Å²) in [7, 11) is 0. The summed E-state index contributed by atoms with van der Waals surface area (Å²) in [6.07, 6.45) is 9.43. The second kappa shape index (κ2) is 6.64. The highest BCUT2D eigenvalue weighted by molar-refractivity contribution is 5.46. The van der Waals surface area contributed by atoms with Gasteiger partial charge >= 0.3 is 0 Å². The number of hydrogen-bond acceptors (Lipinski definition) is 2. The second-order valence-corrected chi connectivity index (χ2v) is 4.19. The van der Waals surface area contributed by atoms with Gasteiger partial charge in [0.15, 0.2) is 0 Å². The van der Waals surface area contributed by atoms with Crippen LogP contribution in [0.3, 0.4) is 0 Å². The van der Waals surface area contributed by atoms with E-state index in [4.69, 9.17) is 4.74 Å². The average Bonchev–Trinajstić information content (AvgIpc) is 2.45. The molecular formula is C15H17NO2. The number of ether oxygens (including phenoxy) is 1. The minimum atomic E-state index is 0.553. The molecule has 1 N–H and O–H groups in total. The lowest BCUT2D eigenvalue weighted by molar-refractivity contribution is -0.109. The van der Waals surface area contributed by atoms with E-state index in [9.17, 15) is 4.79 Å². The van der Waals surface area contributed by atoms with Crippen LogP contribution in [0.1, 0.15) is 18.4 Å². The van der Waals surface area contributed by atoms with Gasteiger partial charge in [-0.1, -0.05) is 30.4 Å². The Balaban J connectivity index is 1.84. The minimum Gasteiger partial charge on any atom is -0.489 e. The number of benzene rings is 1. The van der Waals surface area contributed by atoms with Gasteiger partial charge in [0.25, 0.3) is 0 Å². The molecule has 0 radical (unpaired) electrons. The van der Waals surface area contributed by atoms with Gasteiger partial charge in [0, 0.05) is 6.54 Å². The van der Waals surface area contributed by atoms with Crippen LogP contribution < -0.4 is 10.1 Å². The van der Waals surface area contributed by atoms with Crippen LogP contribution >= 0.6 is 0 Å². The molecule has 3 heteroatoms. The molecule has 0 saturated carbocycles. The number of hydrogen-bond donors (Lipinski definition) is 1. The van der Waals surface area contributed by atoms with Gasteiger partial charge in [-0.05, 0) is 36.1 Å². The fourth-order valence-corrected chi connectivity index (χ4v) is 1.80. The molecule has 18 heavy (non-hydrogen) atoms. The van der Waals surface area contributed by atoms with E-state index < -0.39 is 0 Å². The van der Waals surface area contributed by atoms with Crippen molar-refractivity contribution >= 4 is 6.41 Å². The Kier molecular flexibility index (Phi) is 4.59. The number of amides is 1. The van der Waals surface area contributed by atoms with Gasteiger partial charge in [-0.25, -0.2) is 0 Å². The monoisotopic (exact) mass is 243 g/mol. The molecule has 3 nitrogen and oxygen atoms in total. The van der Waals surface area contributed by atoms with Crippen LogP contribution in [0.5, 0.6) is 5.75 Å². The van der Waals surface area contributed by atoms with Gasteiger partial charge in [-0.2, -0.15) is 0 Å². The van der Waals surface area contributed by atoms with Gasteiger partial charge in [0.2, 0.25) is 6.41 Å². The topological polar surface area (TPSA) is 38.3 Å². The summed E-state index contributed by atoms with van der Waals surface area (Å²) in [5, 5.41) is 2.63. The smallest absolute Gasteiger partial charge is 0.207 e. The third kappa shape index (κ3) is 3.77. The van der Waals surface area contributed by atoms with Crippen molar-refractivity contribution in [3.8, 4) is 5.75 Å². The van der Waals surface area contributed by atoms with E-state index in [0.29, 0.717) is 19.6 Å². The van der Waals surface area contributed by atoms with Crippen molar-refractivity contribution in [2.75, 3.05) is 6.61 Å². The van der Waals surface area contributed by atoms with Crippen molar-refractivity contribution in [1.29, 1.82) is 0 Å². The predicted octanol–water partition coefficient (Wildman–Crippen LogP) is 2.59. The average molecular weight is 243 g/mol. The Hall–Kier alpha value is -2.03. The zero-order valence-corrected chi connectivity index (χ0v) is 10.3. The summed E-state index contributed by atoms with van der Waals surface area (Å²) in [6.45, 7) is 1.17. The first-order valence-corrected chi connectivity index (χ1v) is 6.13. The molecule has 0 heterocycles. The molecule has 1 aromatic rings. The second-order valence-electron chi connectivity index (χ2n) is 4.19. The van der Waals surface area contributed by atoms with E-state index in [1.54, 1.807) is 0 Å². The molecule has 0 atom stereocenters. The minimum absolute atomic E-state index is 0.553. The number of nitrogens with one attached hydrogen (secondary N) is 1. The summed E-state index contributed by atoms with van der Waals surface area (Å²) >= 11 is 0. The van der Waals surface area contributed by atoms with Crippen LogP contribution in [0.25, 0.3) is 0 Å². The fourth-order valence-electron chi connectivity index (χ4n) is 1.80. The number of allylic oxidation sites excluding steroid dienone is 2. The van der Waals surface area contributed by atoms with Gasteiger partial charge in [0.05, 0.1) is 0 Å². The predicted molar refractivity (Wildman–Crippen MR) is 71.3 cm³/mol. The Bertz CT molecular complexity index is 446. The Morgan fingerprint density at radius 2 is 2.06 bits per heavy atom. The normalized spacial score (nSPS) is 13.9. The lowest BCUT2D eigenvalue weighted by Crippen LogP contribution is -2.09. The zero-order chi connectivity index (χ0) is 12.6. The molecule has 0 fully saturated rings. The van der Waals surface area contributed by atoms with Crippen LogP contribution in [0, 0.1) is 0 Å². The van der Waals surface area contributed by atoms with E-state index in [0.717, 1.165) is 24.2 Å². The van der Waals surface area contributed by atoms with Crippen molar-refractivity contribution in [1.82, 2.24) is 5.32 Å². The van der Waals surface area contributed by atoms with Crippen molar-refractivity contribution < 1.29 is 9.53 Å². The Morgan fingerprint density at radius 1 is 1.22 bits per heavy atom. The van der Waals surface area contributed by atoms with E-state index in [-0.39, 0.29) is 0 Å². The summed E-state index contributed by atoms with van der Waals surface area (Å²) in [5.74, 6) is 0.852. The van der Waals surface area contributed by atoms with Crippen LogP contribution in [-0.2, 0) is 11.3 Å². The van der Waals surface area contributed by atoms with Crippen molar-refractivity contribution in [3.05, 3.63) is 53.6 Å². The van der Waals surface area contributed by atoms with E-state index in [1.165, 1.54) is 5.57 Å². The molecule has 0 bridgehead atoms. The van der Waals surface area contributed by atoms with Crippen molar-refractivity contribution in [3.63, 3.8) is 0 Å². The molecule has 2 rings (SSSR count). The van der Waals surface area contributed by atoms with E-state index >= 15 is 0 Å². The maximum Gasteiger partial charge on any atom is 0.207 e. The van der Waals surface area contributed by atoms with Crippen LogP contribution in [-0.4, -0.2) is 13.0 Å². The molecular weight excluding hydrogens is 226 g/mol. The highest BCUT2D eigenvalue weighted by Crippen LogP contribution is 2.15. The van der Waals surface area contributed by atoms with Crippen molar-refractivity contribution in [2.24, 2.45) is 0 Å². The zero-order valence-electron chi connectivity index (χ0n) is 10.3. The lowest BCUT2D eigenvalue weighted by atomic mass is 10.1. The SMILES string of the molecule is O=CNCc1ccc(OCC2=CCCC=C2)cc1. The summed E-state index contributed by atoms with van der Waals surface area (Å²) in [4.78, 5) is 10.2. The van der Waals surface area contributed by atoms with Gasteiger partial charge in [0.1, 0.15) is 12.4 Å². The maximum absolute atomic E-state index is 10.2. The highest BCUT2D eigenvalue weighted by atomic mass is 16.5. The van der Waals surface area contributed by atoms with E-state index in [1.807, 2.05) is 24.3 Å². The molecule has 1 aliphatic carbocycles. The first-order chi connectivity index (χ1) is 8.88. The first-order valence-electron chi connectivity index (χ1n) is 6.13. The summed E-state index contributed by atoms with van der Waals surface area (Å²) < 4.78 is 5.70. The van der Waals surface area contributed by atoms with Crippen LogP contribution in [0.15, 0.2) is 48.1 Å². The van der Waals surface area contributed by atoms with Crippen LogP contribution in [0.2, 0.25) is 0 Å². The summed E-state index contributed by atoms with van der Waals surface area (Å²) in [6, 6.07) is 7.76. The van der Waals surface area contributed by atoms with Crippen LogP contribution in [0.4, 0.5) is 0 Å². The molecule has 0 saturated heterocycles. The molecule has 0 aromatic heterocycles. The Labute approximate surface area is 107 Å². The van der Waals surface area contributed by atoms with Gasteiger partial charge in [-0.3, -0.25) is 4.79 Å². The number of carbonyl (C=O) groups is 1. The third-order valence-corrected chi connectivity index (χ3v) is 2.79. The number of carbonyl (C=O) groups excluding carboxylic acids is 1. The molecule has 1 aliphatic rings. The quantitative estimate of drug-likeness (QED) is 0.780. The highest BCUT2D eigenvalue weighted by Gasteiger charge is 1.99. The Morgan fingerprint density at radius 3 is 2.72 bits per heavy atom. The number of rotatable bonds is 6. The maximum atomic E-state index is 10.2. The largest absolute Gasteiger partial charge is 0.489 e. The van der Waals surface area contributed by atoms with Gasteiger partial charge in [-0.15, -0.1) is 0 Å². The lowest BCUT2D eigenvalue weighted by Gasteiger charge is -2.10. The molecule has 0 spiro atoms. The fraction of sp³-hybridized carbons (Fsp3) is 0.267. The van der Waals surface area contributed by atoms with Gasteiger partial charge < -0.3 is 10.1 Å². The molecule has 94 valence electrons. The molecule has 1 amide bonds. The molecule has 0 aliphatic heterocycles. The molecule has 0 unspecified atom stereocenters. The standard InChI is InChI=1S/C15H17NO2/c17-12-16-10-13-6-8-15(9-7-13)18-11-14-4-2-1-3-5-14/h2,4-9,12H,1,3,10-11H2,(H,16,17). The third-order valence-electron chi connectivity index (χ3n) is 2.79. The van der Waals surface area contributed by atoms with Crippen molar-refractivity contribution in [2.45, 2.75) is 19.4 Å². The molecule has 1 aromatic carbocycles. The van der Waals surface area contributed by atoms with E-state index in [2.05, 4.69) is 23.5 Å². The summed E-state index contributed by atoms with van der Waals surface area (Å²) in [5.41, 5.74) is 2.29. The first kappa shape index (κ1) is 12.4.